The lowest BCUT2D eigenvalue weighted by atomic mass is 10.1. The number of piperidine rings is 1. The average molecular weight is 360 g/mol. The molecular weight excluding hydrogens is 328 g/mol. The SMILES string of the molecule is CCCOc1ccc(/C=C/C(=O)NCCCN2CCCCC2)cc1OC. The molecule has 1 aliphatic heterocycles. The number of nitrogens with one attached hydrogen (secondary N) is 1. The summed E-state index contributed by atoms with van der Waals surface area (Å²) in [5.41, 5.74) is 0.911. The van der Waals surface area contributed by atoms with Crippen molar-refractivity contribution in [2.24, 2.45) is 0 Å². The maximum atomic E-state index is 12.0. The summed E-state index contributed by atoms with van der Waals surface area (Å²) in [6, 6.07) is 5.68. The maximum absolute atomic E-state index is 12.0. The van der Waals surface area contributed by atoms with Gasteiger partial charge in [-0.1, -0.05) is 19.4 Å². The Balaban J connectivity index is 1.74. The number of carbonyl (C=O) groups is 1. The molecule has 144 valence electrons. The zero-order chi connectivity index (χ0) is 18.6. The fraction of sp³-hybridized carbons (Fsp3) is 0.571. The van der Waals surface area contributed by atoms with Gasteiger partial charge in [-0.15, -0.1) is 0 Å². The van der Waals surface area contributed by atoms with E-state index in [0.29, 0.717) is 18.9 Å². The molecule has 1 heterocycles. The van der Waals surface area contributed by atoms with Crippen molar-refractivity contribution in [1.82, 2.24) is 10.2 Å². The lowest BCUT2D eigenvalue weighted by Gasteiger charge is -2.26. The summed E-state index contributed by atoms with van der Waals surface area (Å²) in [5.74, 6) is 1.35. The van der Waals surface area contributed by atoms with Gasteiger partial charge < -0.3 is 19.7 Å². The minimum absolute atomic E-state index is 0.0612. The van der Waals surface area contributed by atoms with E-state index >= 15 is 0 Å². The largest absolute Gasteiger partial charge is 0.493 e. The molecule has 1 aromatic rings. The highest BCUT2D eigenvalue weighted by Crippen LogP contribution is 2.28. The van der Waals surface area contributed by atoms with Crippen LogP contribution in [0.2, 0.25) is 0 Å². The number of benzene rings is 1. The molecular formula is C21H32N2O3. The van der Waals surface area contributed by atoms with E-state index in [1.165, 1.54) is 32.4 Å². The van der Waals surface area contributed by atoms with E-state index in [1.807, 2.05) is 18.2 Å². The quantitative estimate of drug-likeness (QED) is 0.513. The Bertz CT molecular complexity index is 581. The Morgan fingerprint density at radius 2 is 2.04 bits per heavy atom. The van der Waals surface area contributed by atoms with E-state index in [9.17, 15) is 4.79 Å². The first-order valence-electron chi connectivity index (χ1n) is 9.72. The Morgan fingerprint density at radius 1 is 1.23 bits per heavy atom. The van der Waals surface area contributed by atoms with Crippen LogP contribution in [0.15, 0.2) is 24.3 Å². The van der Waals surface area contributed by atoms with Crippen molar-refractivity contribution in [3.8, 4) is 11.5 Å². The molecule has 0 saturated carbocycles. The second-order valence-electron chi connectivity index (χ2n) is 6.64. The summed E-state index contributed by atoms with van der Waals surface area (Å²) >= 11 is 0. The number of likely N-dealkylation sites (tertiary alicyclic amines) is 1. The lowest BCUT2D eigenvalue weighted by molar-refractivity contribution is -0.116. The number of ether oxygens (including phenoxy) is 2. The molecule has 1 aliphatic rings. The van der Waals surface area contributed by atoms with Gasteiger partial charge >= 0.3 is 0 Å². The summed E-state index contributed by atoms with van der Waals surface area (Å²) in [6.07, 6.45) is 9.28. The van der Waals surface area contributed by atoms with Gasteiger partial charge in [0.25, 0.3) is 0 Å². The van der Waals surface area contributed by atoms with E-state index in [0.717, 1.165) is 30.7 Å². The average Bonchev–Trinajstić information content (AvgIpc) is 2.69. The van der Waals surface area contributed by atoms with Crippen LogP contribution < -0.4 is 14.8 Å². The lowest BCUT2D eigenvalue weighted by Crippen LogP contribution is -2.33. The first kappa shape index (κ1) is 20.3. The Morgan fingerprint density at radius 3 is 2.77 bits per heavy atom. The van der Waals surface area contributed by atoms with Crippen LogP contribution >= 0.6 is 0 Å². The van der Waals surface area contributed by atoms with Gasteiger partial charge in [0.15, 0.2) is 11.5 Å². The number of carbonyl (C=O) groups excluding carboxylic acids is 1. The van der Waals surface area contributed by atoms with Gasteiger partial charge in [-0.2, -0.15) is 0 Å². The normalized spacial score (nSPS) is 15.2. The van der Waals surface area contributed by atoms with Crippen molar-refractivity contribution in [2.45, 2.75) is 39.0 Å². The van der Waals surface area contributed by atoms with Gasteiger partial charge in [0.05, 0.1) is 13.7 Å². The topological polar surface area (TPSA) is 50.8 Å². The van der Waals surface area contributed by atoms with Crippen LogP contribution in [0, 0.1) is 0 Å². The Kier molecular flexibility index (Phi) is 9.04. The standard InChI is InChI=1S/C21H32N2O3/c1-3-16-26-19-10-8-18(17-20(19)25-2)9-11-21(24)22-12-7-15-23-13-5-4-6-14-23/h8-11,17H,3-7,12-16H2,1-2H3,(H,22,24)/b11-9+. The molecule has 0 aromatic heterocycles. The van der Waals surface area contributed by atoms with Gasteiger partial charge in [-0.05, 0) is 69.1 Å². The molecule has 1 fully saturated rings. The fourth-order valence-corrected chi connectivity index (χ4v) is 3.05. The molecule has 0 aliphatic carbocycles. The molecule has 0 bridgehead atoms. The second-order valence-corrected chi connectivity index (χ2v) is 6.64. The molecule has 26 heavy (non-hydrogen) atoms. The third-order valence-electron chi connectivity index (χ3n) is 4.48. The van der Waals surface area contributed by atoms with Crippen LogP contribution in [0.5, 0.6) is 11.5 Å². The predicted octanol–water partition coefficient (Wildman–Crippen LogP) is 3.49. The van der Waals surface area contributed by atoms with Crippen LogP contribution in [0.3, 0.4) is 0 Å². The number of nitrogens with zero attached hydrogens (tertiary/aromatic N) is 1. The second kappa shape index (κ2) is 11.6. The van der Waals surface area contributed by atoms with E-state index < -0.39 is 0 Å². The zero-order valence-electron chi connectivity index (χ0n) is 16.1. The van der Waals surface area contributed by atoms with E-state index in [2.05, 4.69) is 17.1 Å². The number of amides is 1. The van der Waals surface area contributed by atoms with Crippen LogP contribution in [0.25, 0.3) is 6.08 Å². The van der Waals surface area contributed by atoms with Gasteiger partial charge in [0, 0.05) is 12.6 Å². The van der Waals surface area contributed by atoms with Gasteiger partial charge in [-0.25, -0.2) is 0 Å². The highest BCUT2D eigenvalue weighted by Gasteiger charge is 2.09. The molecule has 1 saturated heterocycles. The van der Waals surface area contributed by atoms with Crippen molar-refractivity contribution < 1.29 is 14.3 Å². The highest BCUT2D eigenvalue weighted by molar-refractivity contribution is 5.91. The zero-order valence-corrected chi connectivity index (χ0v) is 16.1. The highest BCUT2D eigenvalue weighted by atomic mass is 16.5. The summed E-state index contributed by atoms with van der Waals surface area (Å²) in [5, 5.41) is 2.95. The van der Waals surface area contributed by atoms with Gasteiger partial charge in [-0.3, -0.25) is 4.79 Å². The summed E-state index contributed by atoms with van der Waals surface area (Å²) in [7, 11) is 1.62. The van der Waals surface area contributed by atoms with Crippen molar-refractivity contribution in [2.75, 3.05) is 39.9 Å². The minimum Gasteiger partial charge on any atom is -0.493 e. The summed E-state index contributed by atoms with van der Waals surface area (Å²) < 4.78 is 11.0. The van der Waals surface area contributed by atoms with E-state index in [4.69, 9.17) is 9.47 Å². The van der Waals surface area contributed by atoms with E-state index in [-0.39, 0.29) is 5.91 Å². The Labute approximate surface area is 157 Å². The third kappa shape index (κ3) is 7.08. The number of hydrogen-bond donors (Lipinski definition) is 1. The van der Waals surface area contributed by atoms with Crippen LogP contribution in [0.1, 0.15) is 44.6 Å². The number of hydrogen-bond acceptors (Lipinski definition) is 4. The van der Waals surface area contributed by atoms with Crippen LogP contribution in [-0.4, -0.2) is 50.7 Å². The fourth-order valence-electron chi connectivity index (χ4n) is 3.05. The van der Waals surface area contributed by atoms with Crippen molar-refractivity contribution in [1.29, 1.82) is 0 Å². The summed E-state index contributed by atoms with van der Waals surface area (Å²) in [6.45, 7) is 6.91. The first-order chi connectivity index (χ1) is 12.7. The first-order valence-corrected chi connectivity index (χ1v) is 9.72. The number of methoxy groups -OCH3 is 1. The van der Waals surface area contributed by atoms with Gasteiger partial charge in [0.2, 0.25) is 5.91 Å². The monoisotopic (exact) mass is 360 g/mol. The smallest absolute Gasteiger partial charge is 0.243 e. The molecule has 2 rings (SSSR count). The molecule has 0 atom stereocenters. The molecule has 5 nitrogen and oxygen atoms in total. The minimum atomic E-state index is -0.0612. The Hall–Kier alpha value is -2.01. The van der Waals surface area contributed by atoms with Crippen molar-refractivity contribution >= 4 is 12.0 Å². The molecule has 0 unspecified atom stereocenters. The molecule has 1 amide bonds. The molecule has 0 spiro atoms. The molecule has 0 radical (unpaired) electrons. The van der Waals surface area contributed by atoms with E-state index in [1.54, 1.807) is 19.3 Å². The molecule has 1 aromatic carbocycles. The molecule has 5 heteroatoms. The van der Waals surface area contributed by atoms with Gasteiger partial charge in [0.1, 0.15) is 0 Å². The van der Waals surface area contributed by atoms with Crippen LogP contribution in [-0.2, 0) is 4.79 Å². The summed E-state index contributed by atoms with van der Waals surface area (Å²) in [4.78, 5) is 14.4. The third-order valence-corrected chi connectivity index (χ3v) is 4.48. The maximum Gasteiger partial charge on any atom is 0.243 e. The van der Waals surface area contributed by atoms with Crippen molar-refractivity contribution in [3.63, 3.8) is 0 Å². The predicted molar refractivity (Wildman–Crippen MR) is 106 cm³/mol. The van der Waals surface area contributed by atoms with Crippen LogP contribution in [0.4, 0.5) is 0 Å². The molecule has 1 N–H and O–H groups in total. The number of rotatable bonds is 10. The van der Waals surface area contributed by atoms with Crippen molar-refractivity contribution in [3.05, 3.63) is 29.8 Å².